The highest BCUT2D eigenvalue weighted by Crippen LogP contribution is 2.09. The summed E-state index contributed by atoms with van der Waals surface area (Å²) in [5.74, 6) is 0.0602. The Morgan fingerprint density at radius 1 is 1.40 bits per heavy atom. The minimum Gasteiger partial charge on any atom is -0.325 e. The van der Waals surface area contributed by atoms with E-state index in [1.165, 1.54) is 24.2 Å². The molecule has 2 atom stereocenters. The zero-order valence-electron chi connectivity index (χ0n) is 12.0. The highest BCUT2D eigenvalue weighted by molar-refractivity contribution is 5.91. The zero-order chi connectivity index (χ0) is 14.4. The summed E-state index contributed by atoms with van der Waals surface area (Å²) in [4.78, 5) is 13.5. The minimum absolute atomic E-state index is 0.0602. The molecule has 20 heavy (non-hydrogen) atoms. The molecule has 106 valence electrons. The van der Waals surface area contributed by atoms with Gasteiger partial charge < -0.3 is 10.2 Å². The number of benzene rings is 1. The van der Waals surface area contributed by atoms with Crippen LogP contribution in [0.25, 0.3) is 0 Å². The average molecular weight is 272 g/mol. The molecule has 0 aromatic heterocycles. The lowest BCUT2D eigenvalue weighted by Gasteiger charge is -2.31. The van der Waals surface area contributed by atoms with E-state index < -0.39 is 0 Å². The summed E-state index contributed by atoms with van der Waals surface area (Å²) in [5, 5.41) is 11.7. The Balaban J connectivity index is 1.89. The molecule has 0 aliphatic carbocycles. The van der Waals surface area contributed by atoms with Crippen molar-refractivity contribution in [3.8, 4) is 6.07 Å². The number of likely N-dealkylation sites (tertiary alicyclic amines) is 1. The molecule has 0 radical (unpaired) electrons. The molecule has 0 saturated carbocycles. The van der Waals surface area contributed by atoms with Gasteiger partial charge in [-0.05, 0) is 49.9 Å². The number of quaternary nitrogens is 1. The molecule has 1 aromatic rings. The summed E-state index contributed by atoms with van der Waals surface area (Å²) in [6.45, 7) is 3.84. The van der Waals surface area contributed by atoms with Gasteiger partial charge in [0.15, 0.2) is 6.54 Å². The fraction of sp³-hybridized carbons (Fsp3) is 0.500. The van der Waals surface area contributed by atoms with Crippen molar-refractivity contribution >= 4 is 11.6 Å². The number of nitrogens with zero attached hydrogens (tertiary/aromatic N) is 1. The van der Waals surface area contributed by atoms with Crippen molar-refractivity contribution in [2.24, 2.45) is 0 Å². The Morgan fingerprint density at radius 3 is 2.80 bits per heavy atom. The first-order valence-electron chi connectivity index (χ1n) is 7.37. The van der Waals surface area contributed by atoms with Crippen molar-refractivity contribution in [1.82, 2.24) is 0 Å². The van der Waals surface area contributed by atoms with Crippen LogP contribution < -0.4 is 10.2 Å². The molecule has 1 unspecified atom stereocenters. The van der Waals surface area contributed by atoms with E-state index in [9.17, 15) is 4.79 Å². The maximum Gasteiger partial charge on any atom is 0.279 e. The van der Waals surface area contributed by atoms with Crippen molar-refractivity contribution in [2.75, 3.05) is 18.4 Å². The SMILES string of the molecule is CC[C@@H]1CCCC[NH+]1CC(=O)Nc1ccc(C#N)cc1. The minimum atomic E-state index is 0.0602. The van der Waals surface area contributed by atoms with Crippen molar-refractivity contribution < 1.29 is 9.69 Å². The highest BCUT2D eigenvalue weighted by Gasteiger charge is 2.26. The maximum atomic E-state index is 12.1. The van der Waals surface area contributed by atoms with Crippen LogP contribution in [0.1, 0.15) is 38.2 Å². The molecule has 1 amide bonds. The summed E-state index contributed by atoms with van der Waals surface area (Å²) >= 11 is 0. The number of nitriles is 1. The fourth-order valence-electron chi connectivity index (χ4n) is 2.92. The molecule has 2 rings (SSSR count). The van der Waals surface area contributed by atoms with Gasteiger partial charge in [0.25, 0.3) is 5.91 Å². The Morgan fingerprint density at radius 2 is 2.15 bits per heavy atom. The monoisotopic (exact) mass is 272 g/mol. The molecule has 1 aromatic carbocycles. The predicted octanol–water partition coefficient (Wildman–Crippen LogP) is 1.34. The number of piperidine rings is 1. The second kappa shape index (κ2) is 7.06. The molecule has 1 aliphatic heterocycles. The summed E-state index contributed by atoms with van der Waals surface area (Å²) in [5.41, 5.74) is 1.37. The van der Waals surface area contributed by atoms with E-state index in [1.54, 1.807) is 24.3 Å². The van der Waals surface area contributed by atoms with Crippen LogP contribution in [-0.4, -0.2) is 25.0 Å². The van der Waals surface area contributed by atoms with E-state index in [2.05, 4.69) is 18.3 Å². The molecule has 1 fully saturated rings. The van der Waals surface area contributed by atoms with E-state index in [1.807, 2.05) is 0 Å². The highest BCUT2D eigenvalue weighted by atomic mass is 16.2. The average Bonchev–Trinajstić information content (AvgIpc) is 2.48. The van der Waals surface area contributed by atoms with E-state index in [4.69, 9.17) is 5.26 Å². The number of anilines is 1. The van der Waals surface area contributed by atoms with E-state index in [0.29, 0.717) is 18.2 Å². The van der Waals surface area contributed by atoms with Crippen LogP contribution in [0.2, 0.25) is 0 Å². The first kappa shape index (κ1) is 14.5. The normalized spacial score (nSPS) is 22.0. The number of hydrogen-bond donors (Lipinski definition) is 2. The summed E-state index contributed by atoms with van der Waals surface area (Å²) in [7, 11) is 0. The second-order valence-corrected chi connectivity index (χ2v) is 5.42. The molecule has 0 bridgehead atoms. The van der Waals surface area contributed by atoms with Gasteiger partial charge in [0.2, 0.25) is 0 Å². The van der Waals surface area contributed by atoms with Crippen LogP contribution in [0.5, 0.6) is 0 Å². The van der Waals surface area contributed by atoms with Gasteiger partial charge in [-0.15, -0.1) is 0 Å². The number of nitrogens with one attached hydrogen (secondary N) is 2. The van der Waals surface area contributed by atoms with Crippen molar-refractivity contribution in [3.05, 3.63) is 29.8 Å². The smallest absolute Gasteiger partial charge is 0.279 e. The summed E-state index contributed by atoms with van der Waals surface area (Å²) in [6, 6.07) is 9.69. The standard InChI is InChI=1S/C16H21N3O/c1-2-15-5-3-4-10-19(15)12-16(20)18-14-8-6-13(11-17)7-9-14/h6-9,15H,2-5,10,12H2,1H3,(H,18,20)/p+1/t15-/m1/s1. The topological polar surface area (TPSA) is 57.3 Å². The zero-order valence-corrected chi connectivity index (χ0v) is 12.0. The fourth-order valence-corrected chi connectivity index (χ4v) is 2.92. The van der Waals surface area contributed by atoms with Gasteiger partial charge in [-0.2, -0.15) is 5.26 Å². The van der Waals surface area contributed by atoms with Crippen molar-refractivity contribution in [2.45, 2.75) is 38.6 Å². The molecular weight excluding hydrogens is 250 g/mol. The molecule has 1 heterocycles. The first-order valence-corrected chi connectivity index (χ1v) is 7.37. The molecule has 4 heteroatoms. The number of rotatable bonds is 4. The second-order valence-electron chi connectivity index (χ2n) is 5.42. The van der Waals surface area contributed by atoms with E-state index in [0.717, 1.165) is 18.7 Å². The van der Waals surface area contributed by atoms with Crippen LogP contribution in [0, 0.1) is 11.3 Å². The van der Waals surface area contributed by atoms with Crippen molar-refractivity contribution in [1.29, 1.82) is 5.26 Å². The Labute approximate surface area is 120 Å². The number of amides is 1. The van der Waals surface area contributed by atoms with Gasteiger partial charge in [-0.1, -0.05) is 6.92 Å². The number of carbonyl (C=O) groups is 1. The third-order valence-corrected chi connectivity index (χ3v) is 4.06. The van der Waals surface area contributed by atoms with Crippen molar-refractivity contribution in [3.63, 3.8) is 0 Å². The lowest BCUT2D eigenvalue weighted by Crippen LogP contribution is -3.17. The van der Waals surface area contributed by atoms with E-state index >= 15 is 0 Å². The van der Waals surface area contributed by atoms with Crippen LogP contribution in [0.4, 0.5) is 5.69 Å². The number of hydrogen-bond acceptors (Lipinski definition) is 2. The number of carbonyl (C=O) groups excluding carboxylic acids is 1. The van der Waals surface area contributed by atoms with Gasteiger partial charge in [0, 0.05) is 5.69 Å². The molecule has 1 aliphatic rings. The largest absolute Gasteiger partial charge is 0.325 e. The lowest BCUT2D eigenvalue weighted by molar-refractivity contribution is -0.923. The molecule has 0 spiro atoms. The van der Waals surface area contributed by atoms with Crippen LogP contribution in [-0.2, 0) is 4.79 Å². The molecule has 1 saturated heterocycles. The lowest BCUT2D eigenvalue weighted by atomic mass is 10.00. The first-order chi connectivity index (χ1) is 9.72. The Bertz CT molecular complexity index is 489. The van der Waals surface area contributed by atoms with Gasteiger partial charge in [0.05, 0.1) is 24.2 Å². The van der Waals surface area contributed by atoms with Crippen LogP contribution in [0.3, 0.4) is 0 Å². The predicted molar refractivity (Wildman–Crippen MR) is 78.4 cm³/mol. The molecule has 4 nitrogen and oxygen atoms in total. The van der Waals surface area contributed by atoms with Gasteiger partial charge in [-0.25, -0.2) is 0 Å². The summed E-state index contributed by atoms with van der Waals surface area (Å²) < 4.78 is 0. The van der Waals surface area contributed by atoms with Crippen LogP contribution in [0.15, 0.2) is 24.3 Å². The van der Waals surface area contributed by atoms with E-state index in [-0.39, 0.29) is 5.91 Å². The van der Waals surface area contributed by atoms with Gasteiger partial charge in [-0.3, -0.25) is 4.79 Å². The maximum absolute atomic E-state index is 12.1. The molecular formula is C16H22N3O+. The van der Waals surface area contributed by atoms with Gasteiger partial charge in [0.1, 0.15) is 0 Å². The summed E-state index contributed by atoms with van der Waals surface area (Å²) in [6.07, 6.45) is 4.88. The Hall–Kier alpha value is -1.86. The quantitative estimate of drug-likeness (QED) is 0.869. The van der Waals surface area contributed by atoms with Gasteiger partial charge >= 0.3 is 0 Å². The van der Waals surface area contributed by atoms with Crippen LogP contribution >= 0.6 is 0 Å². The molecule has 2 N–H and O–H groups in total. The third-order valence-electron chi connectivity index (χ3n) is 4.06. The Kier molecular flexibility index (Phi) is 5.14. The third kappa shape index (κ3) is 3.82.